The molecule has 1 aromatic heterocycles. The summed E-state index contributed by atoms with van der Waals surface area (Å²) in [4.78, 5) is 17.2. The van der Waals surface area contributed by atoms with Gasteiger partial charge in [-0.25, -0.2) is 4.79 Å². The normalized spacial score (nSPS) is 21.0. The molecule has 1 saturated carbocycles. The quantitative estimate of drug-likeness (QED) is 0.802. The van der Waals surface area contributed by atoms with Crippen LogP contribution in [0.25, 0.3) is 0 Å². The van der Waals surface area contributed by atoms with Gasteiger partial charge in [0.15, 0.2) is 0 Å². The summed E-state index contributed by atoms with van der Waals surface area (Å²) in [7, 11) is 0. The zero-order valence-electron chi connectivity index (χ0n) is 17.0. The predicted octanol–water partition coefficient (Wildman–Crippen LogP) is 4.01. The van der Waals surface area contributed by atoms with Crippen LogP contribution in [0.1, 0.15) is 56.8 Å². The number of aromatic nitrogens is 2. The zero-order valence-corrected chi connectivity index (χ0v) is 17.0. The highest BCUT2D eigenvalue weighted by atomic mass is 16.6. The fourth-order valence-corrected chi connectivity index (χ4v) is 3.71. The second kappa shape index (κ2) is 7.59. The van der Waals surface area contributed by atoms with Gasteiger partial charge < -0.3 is 4.74 Å². The van der Waals surface area contributed by atoms with E-state index in [0.29, 0.717) is 12.6 Å². The second-order valence-corrected chi connectivity index (χ2v) is 8.90. The predicted molar refractivity (Wildman–Crippen MR) is 108 cm³/mol. The molecule has 0 radical (unpaired) electrons. The molecule has 6 heteroatoms. The third-order valence-electron chi connectivity index (χ3n) is 5.27. The van der Waals surface area contributed by atoms with Crippen molar-refractivity contribution in [2.24, 2.45) is 0 Å². The first-order chi connectivity index (χ1) is 13.4. The lowest BCUT2D eigenvalue weighted by Crippen LogP contribution is -2.51. The summed E-state index contributed by atoms with van der Waals surface area (Å²) in [5.74, 6) is 0. The lowest BCUT2D eigenvalue weighted by Gasteiger charge is -2.41. The van der Waals surface area contributed by atoms with Gasteiger partial charge in [0.2, 0.25) is 0 Å². The minimum absolute atomic E-state index is 0.0418. The van der Waals surface area contributed by atoms with Gasteiger partial charge in [0.05, 0.1) is 18.3 Å². The number of benzene rings is 1. The number of carbonyl (C=O) groups excluding carboxylic acids is 1. The van der Waals surface area contributed by atoms with Gasteiger partial charge in [-0.1, -0.05) is 30.3 Å². The van der Waals surface area contributed by atoms with E-state index >= 15 is 0 Å². The molecule has 150 valence electrons. The average Bonchev–Trinajstić information content (AvgIpc) is 3.38. The van der Waals surface area contributed by atoms with E-state index < -0.39 is 5.60 Å². The number of carbonyl (C=O) groups is 1. The number of hydrogen-bond acceptors (Lipinski definition) is 4. The van der Waals surface area contributed by atoms with Gasteiger partial charge in [-0.2, -0.15) is 5.10 Å². The van der Waals surface area contributed by atoms with E-state index in [9.17, 15) is 4.79 Å². The summed E-state index contributed by atoms with van der Waals surface area (Å²) < 4.78 is 7.74. The molecule has 0 spiro atoms. The molecular formula is C22H30N4O2. The van der Waals surface area contributed by atoms with Crippen molar-refractivity contribution >= 4 is 6.09 Å². The first kappa shape index (κ1) is 19.0. The Kier molecular flexibility index (Phi) is 5.15. The standard InChI is InChI=1S/C22H30N4O2/c1-22(2,3)28-21(27)25-12-11-24(14-17-7-5-4-6-8-17)16-20(25)18-13-23-26(15-18)19-9-10-19/h4-8,13,15,19-20H,9-12,14,16H2,1-3H3. The molecule has 1 amide bonds. The van der Waals surface area contributed by atoms with E-state index in [0.717, 1.165) is 25.2 Å². The molecule has 0 bridgehead atoms. The van der Waals surface area contributed by atoms with Gasteiger partial charge in [-0.15, -0.1) is 0 Å². The molecular weight excluding hydrogens is 352 g/mol. The van der Waals surface area contributed by atoms with Crippen molar-refractivity contribution < 1.29 is 9.53 Å². The SMILES string of the molecule is CC(C)(C)OC(=O)N1CCN(Cc2ccccc2)CC1c1cnn(C2CC2)c1. The van der Waals surface area contributed by atoms with Crippen LogP contribution in [0, 0.1) is 0 Å². The first-order valence-corrected chi connectivity index (χ1v) is 10.2. The summed E-state index contributed by atoms with van der Waals surface area (Å²) in [5, 5.41) is 4.55. The topological polar surface area (TPSA) is 50.6 Å². The van der Waals surface area contributed by atoms with Crippen molar-refractivity contribution in [1.29, 1.82) is 0 Å². The minimum atomic E-state index is -0.499. The molecule has 2 aliphatic rings. The fraction of sp³-hybridized carbons (Fsp3) is 0.545. The van der Waals surface area contributed by atoms with Gasteiger partial charge in [-0.05, 0) is 39.2 Å². The Morgan fingerprint density at radius 3 is 2.61 bits per heavy atom. The van der Waals surface area contributed by atoms with Gasteiger partial charge >= 0.3 is 6.09 Å². The fourth-order valence-electron chi connectivity index (χ4n) is 3.71. The van der Waals surface area contributed by atoms with Crippen LogP contribution in [-0.2, 0) is 11.3 Å². The number of piperazine rings is 1. The van der Waals surface area contributed by atoms with E-state index in [1.54, 1.807) is 0 Å². The van der Waals surface area contributed by atoms with Crippen LogP contribution in [0.15, 0.2) is 42.7 Å². The monoisotopic (exact) mass is 382 g/mol. The van der Waals surface area contributed by atoms with Crippen LogP contribution in [0.3, 0.4) is 0 Å². The average molecular weight is 383 g/mol. The molecule has 28 heavy (non-hydrogen) atoms. The number of rotatable bonds is 4. The van der Waals surface area contributed by atoms with Gasteiger partial charge in [0, 0.05) is 37.9 Å². The highest BCUT2D eigenvalue weighted by Crippen LogP contribution is 2.36. The van der Waals surface area contributed by atoms with E-state index in [1.165, 1.54) is 18.4 Å². The maximum absolute atomic E-state index is 12.9. The van der Waals surface area contributed by atoms with Crippen molar-refractivity contribution in [1.82, 2.24) is 19.6 Å². The van der Waals surface area contributed by atoms with Crippen molar-refractivity contribution in [3.63, 3.8) is 0 Å². The van der Waals surface area contributed by atoms with Crippen molar-refractivity contribution in [2.45, 2.75) is 57.8 Å². The van der Waals surface area contributed by atoms with Crippen LogP contribution in [0.4, 0.5) is 4.79 Å². The lowest BCUT2D eigenvalue weighted by atomic mass is 10.1. The number of hydrogen-bond donors (Lipinski definition) is 0. The Morgan fingerprint density at radius 2 is 1.93 bits per heavy atom. The molecule has 1 aliphatic heterocycles. The van der Waals surface area contributed by atoms with Gasteiger partial charge in [0.1, 0.15) is 5.60 Å². The minimum Gasteiger partial charge on any atom is -0.444 e. The van der Waals surface area contributed by atoms with E-state index in [1.807, 2.05) is 37.9 Å². The van der Waals surface area contributed by atoms with E-state index in [2.05, 4.69) is 45.1 Å². The molecule has 1 unspecified atom stereocenters. The molecule has 6 nitrogen and oxygen atoms in total. The third-order valence-corrected chi connectivity index (χ3v) is 5.27. The van der Waals surface area contributed by atoms with E-state index in [-0.39, 0.29) is 12.1 Å². The smallest absolute Gasteiger partial charge is 0.410 e. The highest BCUT2D eigenvalue weighted by molar-refractivity contribution is 5.69. The molecule has 1 aliphatic carbocycles. The van der Waals surface area contributed by atoms with Gasteiger partial charge in [0.25, 0.3) is 0 Å². The molecule has 2 fully saturated rings. The summed E-state index contributed by atoms with van der Waals surface area (Å²) in [6.07, 6.45) is 6.19. The summed E-state index contributed by atoms with van der Waals surface area (Å²) >= 11 is 0. The maximum atomic E-state index is 12.9. The molecule has 1 aromatic carbocycles. The Balaban J connectivity index is 1.53. The Labute approximate surface area is 167 Å². The molecule has 4 rings (SSSR count). The lowest BCUT2D eigenvalue weighted by molar-refractivity contribution is -0.00299. The maximum Gasteiger partial charge on any atom is 0.410 e. The number of amides is 1. The number of nitrogens with zero attached hydrogens (tertiary/aromatic N) is 4. The zero-order chi connectivity index (χ0) is 19.7. The van der Waals surface area contributed by atoms with E-state index in [4.69, 9.17) is 4.74 Å². The van der Waals surface area contributed by atoms with Crippen LogP contribution in [0.2, 0.25) is 0 Å². The largest absolute Gasteiger partial charge is 0.444 e. The number of ether oxygens (including phenoxy) is 1. The molecule has 2 heterocycles. The van der Waals surface area contributed by atoms with Gasteiger partial charge in [-0.3, -0.25) is 14.5 Å². The van der Waals surface area contributed by atoms with Crippen LogP contribution in [-0.4, -0.2) is 50.9 Å². The molecule has 1 atom stereocenters. The Morgan fingerprint density at radius 1 is 1.18 bits per heavy atom. The molecule has 2 aromatic rings. The Hall–Kier alpha value is -2.34. The Bertz CT molecular complexity index is 807. The highest BCUT2D eigenvalue weighted by Gasteiger charge is 2.35. The molecule has 0 N–H and O–H groups in total. The van der Waals surface area contributed by atoms with Crippen molar-refractivity contribution in [2.75, 3.05) is 19.6 Å². The van der Waals surface area contributed by atoms with Crippen molar-refractivity contribution in [3.8, 4) is 0 Å². The van der Waals surface area contributed by atoms with Crippen LogP contribution < -0.4 is 0 Å². The summed E-state index contributed by atoms with van der Waals surface area (Å²) in [5.41, 5.74) is 1.89. The van der Waals surface area contributed by atoms with Crippen LogP contribution in [0.5, 0.6) is 0 Å². The third kappa shape index (κ3) is 4.55. The summed E-state index contributed by atoms with van der Waals surface area (Å²) in [6, 6.07) is 11.0. The second-order valence-electron chi connectivity index (χ2n) is 8.90. The molecule has 1 saturated heterocycles. The first-order valence-electron chi connectivity index (χ1n) is 10.2. The summed E-state index contributed by atoms with van der Waals surface area (Å²) in [6.45, 7) is 8.90. The van der Waals surface area contributed by atoms with Crippen molar-refractivity contribution in [3.05, 3.63) is 53.9 Å². The van der Waals surface area contributed by atoms with Crippen LogP contribution >= 0.6 is 0 Å².